The van der Waals surface area contributed by atoms with Crippen LogP contribution in [0.5, 0.6) is 11.5 Å². The van der Waals surface area contributed by atoms with Crippen molar-refractivity contribution in [2.75, 3.05) is 40.7 Å². The van der Waals surface area contributed by atoms with Crippen molar-refractivity contribution in [2.45, 2.75) is 18.4 Å². The van der Waals surface area contributed by atoms with E-state index in [1.807, 2.05) is 50.2 Å². The van der Waals surface area contributed by atoms with Crippen LogP contribution in [0.1, 0.15) is 12.5 Å². The molecule has 0 spiro atoms. The van der Waals surface area contributed by atoms with Crippen LogP contribution in [0.3, 0.4) is 0 Å². The number of amidine groups is 1. The Kier molecular flexibility index (Phi) is 6.40. The van der Waals surface area contributed by atoms with Gasteiger partial charge in [-0.3, -0.25) is 0 Å². The Labute approximate surface area is 183 Å². The Morgan fingerprint density at radius 1 is 1.10 bits per heavy atom. The third-order valence-electron chi connectivity index (χ3n) is 4.85. The van der Waals surface area contributed by atoms with E-state index in [-0.39, 0.29) is 10.9 Å². The number of hydrogen-bond acceptors (Lipinski definition) is 7. The van der Waals surface area contributed by atoms with Gasteiger partial charge >= 0.3 is 0 Å². The first kappa shape index (κ1) is 22.4. The SMILES string of the molecule is COc1cc2c(cc1OC)S(=O)(=O)N=C(N(C)Cc1cccc(N=C(C)N(C)C)c1)N2. The molecule has 0 saturated heterocycles. The number of rotatable bonds is 5. The maximum absolute atomic E-state index is 12.8. The van der Waals surface area contributed by atoms with E-state index in [9.17, 15) is 8.42 Å². The zero-order valence-corrected chi connectivity index (χ0v) is 19.3. The van der Waals surface area contributed by atoms with Crippen molar-refractivity contribution in [3.63, 3.8) is 0 Å². The lowest BCUT2D eigenvalue weighted by atomic mass is 10.2. The van der Waals surface area contributed by atoms with Crippen LogP contribution in [-0.4, -0.2) is 65.4 Å². The predicted octanol–water partition coefficient (Wildman–Crippen LogP) is 2.92. The Balaban J connectivity index is 1.87. The number of nitrogens with one attached hydrogen (secondary N) is 1. The summed E-state index contributed by atoms with van der Waals surface area (Å²) in [6.45, 7) is 2.37. The Hall–Kier alpha value is -3.27. The third-order valence-corrected chi connectivity index (χ3v) is 6.15. The lowest BCUT2D eigenvalue weighted by molar-refractivity contribution is 0.354. The molecule has 0 amide bonds. The molecular weight excluding hydrogens is 418 g/mol. The van der Waals surface area contributed by atoms with Crippen LogP contribution in [0.2, 0.25) is 0 Å². The minimum atomic E-state index is -3.90. The van der Waals surface area contributed by atoms with E-state index in [2.05, 4.69) is 14.7 Å². The highest BCUT2D eigenvalue weighted by molar-refractivity contribution is 7.90. The van der Waals surface area contributed by atoms with Crippen molar-refractivity contribution < 1.29 is 17.9 Å². The van der Waals surface area contributed by atoms with Gasteiger partial charge in [-0.1, -0.05) is 12.1 Å². The number of methoxy groups -OCH3 is 2. The van der Waals surface area contributed by atoms with Crippen molar-refractivity contribution in [1.82, 2.24) is 9.80 Å². The number of aliphatic imine (C=N–C) groups is 1. The van der Waals surface area contributed by atoms with Gasteiger partial charge in [-0.25, -0.2) is 4.99 Å². The van der Waals surface area contributed by atoms with E-state index in [0.717, 1.165) is 17.1 Å². The van der Waals surface area contributed by atoms with E-state index in [4.69, 9.17) is 9.47 Å². The fourth-order valence-corrected chi connectivity index (χ4v) is 4.16. The first-order valence-electron chi connectivity index (χ1n) is 9.55. The number of nitrogens with zero attached hydrogens (tertiary/aromatic N) is 4. The minimum absolute atomic E-state index is 0.0396. The molecule has 0 atom stereocenters. The molecule has 1 heterocycles. The summed E-state index contributed by atoms with van der Waals surface area (Å²) in [7, 11) is 4.69. The highest BCUT2D eigenvalue weighted by Crippen LogP contribution is 2.38. The van der Waals surface area contributed by atoms with Crippen LogP contribution in [0.15, 0.2) is 50.7 Å². The van der Waals surface area contributed by atoms with Gasteiger partial charge in [0.1, 0.15) is 10.7 Å². The maximum Gasteiger partial charge on any atom is 0.287 e. The average Bonchev–Trinajstić information content (AvgIpc) is 2.72. The lowest BCUT2D eigenvalue weighted by Gasteiger charge is -2.26. The zero-order chi connectivity index (χ0) is 22.8. The third kappa shape index (κ3) is 4.91. The summed E-state index contributed by atoms with van der Waals surface area (Å²) in [5, 5.41) is 3.09. The van der Waals surface area contributed by atoms with Gasteiger partial charge in [0.15, 0.2) is 11.5 Å². The van der Waals surface area contributed by atoms with E-state index in [1.54, 1.807) is 18.0 Å². The second kappa shape index (κ2) is 8.84. The topological polar surface area (TPSA) is 95.8 Å². The van der Waals surface area contributed by atoms with Crippen LogP contribution in [0.4, 0.5) is 11.4 Å². The fraction of sp³-hybridized carbons (Fsp3) is 0.333. The van der Waals surface area contributed by atoms with Crippen molar-refractivity contribution in [1.29, 1.82) is 0 Å². The molecule has 1 aliphatic heterocycles. The van der Waals surface area contributed by atoms with Gasteiger partial charge < -0.3 is 24.6 Å². The fourth-order valence-electron chi connectivity index (χ4n) is 3.00. The standard InChI is InChI=1S/C21H27N5O4S/c1-14(25(2)3)22-16-9-7-8-15(10-16)13-26(4)21-23-17-11-18(29-5)19(30-6)12-20(17)31(27,28)24-21/h7-12H,13H2,1-6H3,(H,23,24). The van der Waals surface area contributed by atoms with Gasteiger partial charge in [-0.05, 0) is 24.6 Å². The molecule has 31 heavy (non-hydrogen) atoms. The van der Waals surface area contributed by atoms with E-state index < -0.39 is 10.0 Å². The lowest BCUT2D eigenvalue weighted by Crippen LogP contribution is -2.36. The second-order valence-corrected chi connectivity index (χ2v) is 8.87. The number of ether oxygens (including phenoxy) is 2. The highest BCUT2D eigenvalue weighted by Gasteiger charge is 2.29. The first-order valence-corrected chi connectivity index (χ1v) is 11.0. The number of guanidine groups is 1. The normalized spacial score (nSPS) is 14.8. The van der Waals surface area contributed by atoms with Crippen molar-refractivity contribution in [3.05, 3.63) is 42.0 Å². The predicted molar refractivity (Wildman–Crippen MR) is 122 cm³/mol. The molecule has 1 aliphatic rings. The van der Waals surface area contributed by atoms with Gasteiger partial charge in [0.25, 0.3) is 10.0 Å². The highest BCUT2D eigenvalue weighted by atomic mass is 32.2. The number of sulfonamides is 1. The quantitative estimate of drug-likeness (QED) is 0.558. The molecule has 0 bridgehead atoms. The molecule has 0 unspecified atom stereocenters. The molecule has 1 N–H and O–H groups in total. The summed E-state index contributed by atoms with van der Waals surface area (Å²) in [5.41, 5.74) is 2.18. The Morgan fingerprint density at radius 2 is 1.77 bits per heavy atom. The minimum Gasteiger partial charge on any atom is -0.493 e. The van der Waals surface area contributed by atoms with Gasteiger partial charge in [0.2, 0.25) is 5.96 Å². The smallest absolute Gasteiger partial charge is 0.287 e. The van der Waals surface area contributed by atoms with Crippen LogP contribution in [0.25, 0.3) is 0 Å². The average molecular weight is 446 g/mol. The molecule has 0 saturated carbocycles. The van der Waals surface area contributed by atoms with Crippen LogP contribution < -0.4 is 14.8 Å². The van der Waals surface area contributed by atoms with Gasteiger partial charge in [-0.15, -0.1) is 4.40 Å². The number of hydrogen-bond donors (Lipinski definition) is 1. The first-order chi connectivity index (χ1) is 14.6. The molecule has 0 aromatic heterocycles. The largest absolute Gasteiger partial charge is 0.493 e. The van der Waals surface area contributed by atoms with E-state index in [1.165, 1.54) is 20.3 Å². The molecule has 9 nitrogen and oxygen atoms in total. The molecule has 0 fully saturated rings. The molecule has 2 aromatic rings. The second-order valence-electron chi connectivity index (χ2n) is 7.30. The molecule has 0 radical (unpaired) electrons. The van der Waals surface area contributed by atoms with Gasteiger partial charge in [0, 0.05) is 39.8 Å². The van der Waals surface area contributed by atoms with Crippen molar-refractivity contribution >= 4 is 33.2 Å². The van der Waals surface area contributed by atoms with Gasteiger partial charge in [-0.2, -0.15) is 8.42 Å². The number of fused-ring (bicyclic) bond motifs is 1. The maximum atomic E-state index is 12.8. The number of anilines is 1. The molecule has 3 rings (SSSR count). The van der Waals surface area contributed by atoms with Crippen molar-refractivity contribution in [3.8, 4) is 11.5 Å². The summed E-state index contributed by atoms with van der Waals surface area (Å²) in [4.78, 5) is 8.29. The summed E-state index contributed by atoms with van der Waals surface area (Å²) < 4.78 is 40.0. The number of benzene rings is 2. The van der Waals surface area contributed by atoms with Crippen LogP contribution in [0, 0.1) is 0 Å². The monoisotopic (exact) mass is 445 g/mol. The van der Waals surface area contributed by atoms with Crippen molar-refractivity contribution in [2.24, 2.45) is 9.39 Å². The molecule has 2 aromatic carbocycles. The molecular formula is C21H27N5O4S. The zero-order valence-electron chi connectivity index (χ0n) is 18.5. The molecule has 166 valence electrons. The summed E-state index contributed by atoms with van der Waals surface area (Å²) >= 11 is 0. The molecule has 0 aliphatic carbocycles. The summed E-state index contributed by atoms with van der Waals surface area (Å²) in [5.74, 6) is 1.85. The van der Waals surface area contributed by atoms with Gasteiger partial charge in [0.05, 0.1) is 25.6 Å². The van der Waals surface area contributed by atoms with E-state index in [0.29, 0.717) is 23.7 Å². The van der Waals surface area contributed by atoms with Crippen LogP contribution in [-0.2, 0) is 16.6 Å². The Morgan fingerprint density at radius 3 is 2.42 bits per heavy atom. The molecule has 10 heteroatoms. The summed E-state index contributed by atoms with van der Waals surface area (Å²) in [6, 6.07) is 10.8. The van der Waals surface area contributed by atoms with Crippen LogP contribution >= 0.6 is 0 Å². The van der Waals surface area contributed by atoms with E-state index >= 15 is 0 Å². The Bertz CT molecular complexity index is 1140. The summed E-state index contributed by atoms with van der Waals surface area (Å²) in [6.07, 6.45) is 0.